The molecular formula is C11H23NO3. The molecule has 0 aliphatic rings. The highest BCUT2D eigenvalue weighted by Gasteiger charge is 2.35. The van der Waals surface area contributed by atoms with Crippen molar-refractivity contribution < 1.29 is 14.6 Å². The van der Waals surface area contributed by atoms with E-state index in [0.29, 0.717) is 19.4 Å². The quantitative estimate of drug-likeness (QED) is 0.709. The Hall–Kier alpha value is -0.610. The third-order valence-electron chi connectivity index (χ3n) is 2.64. The van der Waals surface area contributed by atoms with Crippen LogP contribution in [0.1, 0.15) is 40.5 Å². The summed E-state index contributed by atoms with van der Waals surface area (Å²) in [5, 5.41) is 9.12. The van der Waals surface area contributed by atoms with E-state index in [-0.39, 0.29) is 12.1 Å². The van der Waals surface area contributed by atoms with E-state index in [9.17, 15) is 4.79 Å². The van der Waals surface area contributed by atoms with Gasteiger partial charge in [0.05, 0.1) is 11.0 Å². The average Bonchev–Trinajstić information content (AvgIpc) is 2.10. The molecule has 0 amide bonds. The monoisotopic (exact) mass is 217 g/mol. The second kappa shape index (κ2) is 5.47. The van der Waals surface area contributed by atoms with Crippen LogP contribution >= 0.6 is 0 Å². The Labute approximate surface area is 91.8 Å². The second-order valence-electron chi connectivity index (χ2n) is 4.85. The van der Waals surface area contributed by atoms with Crippen molar-refractivity contribution in [3.8, 4) is 0 Å². The van der Waals surface area contributed by atoms with E-state index in [2.05, 4.69) is 0 Å². The predicted octanol–water partition coefficient (Wildman–Crippen LogP) is 1.63. The molecule has 4 heteroatoms. The summed E-state index contributed by atoms with van der Waals surface area (Å²) in [5.74, 6) is -0.829. The van der Waals surface area contributed by atoms with Gasteiger partial charge >= 0.3 is 5.97 Å². The minimum absolute atomic E-state index is 0.159. The maximum atomic E-state index is 11.1. The highest BCUT2D eigenvalue weighted by molar-refractivity contribution is 5.74. The van der Waals surface area contributed by atoms with Crippen LogP contribution in [-0.2, 0) is 9.53 Å². The summed E-state index contributed by atoms with van der Waals surface area (Å²) in [4.78, 5) is 11.1. The Morgan fingerprint density at radius 1 is 1.40 bits per heavy atom. The van der Waals surface area contributed by atoms with Crippen LogP contribution in [0.2, 0.25) is 0 Å². The van der Waals surface area contributed by atoms with E-state index in [1.807, 2.05) is 27.7 Å². The van der Waals surface area contributed by atoms with E-state index in [0.717, 1.165) is 0 Å². The maximum Gasteiger partial charge on any atom is 0.310 e. The van der Waals surface area contributed by atoms with Gasteiger partial charge in [-0.05, 0) is 33.6 Å². The van der Waals surface area contributed by atoms with Crippen LogP contribution < -0.4 is 5.73 Å². The van der Waals surface area contributed by atoms with Gasteiger partial charge in [-0.3, -0.25) is 4.79 Å². The molecule has 0 aliphatic heterocycles. The molecule has 0 saturated carbocycles. The lowest BCUT2D eigenvalue weighted by Crippen LogP contribution is -2.39. The topological polar surface area (TPSA) is 72.5 Å². The number of hydrogen-bond acceptors (Lipinski definition) is 3. The van der Waals surface area contributed by atoms with Crippen LogP contribution in [0.4, 0.5) is 0 Å². The van der Waals surface area contributed by atoms with Gasteiger partial charge in [-0.1, -0.05) is 6.92 Å². The molecule has 1 atom stereocenters. The molecule has 0 fully saturated rings. The molecule has 90 valence electrons. The van der Waals surface area contributed by atoms with E-state index in [4.69, 9.17) is 15.6 Å². The van der Waals surface area contributed by atoms with Crippen molar-refractivity contribution in [1.29, 1.82) is 0 Å². The summed E-state index contributed by atoms with van der Waals surface area (Å²) < 4.78 is 5.52. The molecule has 0 aliphatic carbocycles. The van der Waals surface area contributed by atoms with E-state index >= 15 is 0 Å². The van der Waals surface area contributed by atoms with Gasteiger partial charge in [-0.15, -0.1) is 0 Å². The standard InChI is InChI=1S/C11H23NO3/c1-5-11(8-12,9(13)14)6-7-15-10(2,3)4/h5-8,12H2,1-4H3,(H,13,14). The van der Waals surface area contributed by atoms with Gasteiger partial charge in [0, 0.05) is 13.2 Å². The number of carboxylic acids is 1. The number of rotatable bonds is 6. The summed E-state index contributed by atoms with van der Waals surface area (Å²) in [6.45, 7) is 8.28. The molecule has 0 aromatic carbocycles. The summed E-state index contributed by atoms with van der Waals surface area (Å²) in [7, 11) is 0. The van der Waals surface area contributed by atoms with E-state index in [1.54, 1.807) is 0 Å². The molecule has 15 heavy (non-hydrogen) atoms. The van der Waals surface area contributed by atoms with Crippen molar-refractivity contribution in [2.24, 2.45) is 11.1 Å². The van der Waals surface area contributed by atoms with Crippen LogP contribution in [0, 0.1) is 5.41 Å². The number of ether oxygens (including phenoxy) is 1. The van der Waals surface area contributed by atoms with Crippen molar-refractivity contribution in [2.45, 2.75) is 46.1 Å². The molecule has 0 bridgehead atoms. The van der Waals surface area contributed by atoms with Gasteiger partial charge < -0.3 is 15.6 Å². The Bertz CT molecular complexity index is 204. The Morgan fingerprint density at radius 3 is 2.20 bits per heavy atom. The number of hydrogen-bond donors (Lipinski definition) is 2. The normalized spacial score (nSPS) is 16.1. The molecule has 0 rings (SSSR count). The first-order valence-electron chi connectivity index (χ1n) is 5.35. The lowest BCUT2D eigenvalue weighted by Gasteiger charge is -2.28. The molecule has 1 unspecified atom stereocenters. The van der Waals surface area contributed by atoms with Crippen LogP contribution in [0.25, 0.3) is 0 Å². The fraction of sp³-hybridized carbons (Fsp3) is 0.909. The van der Waals surface area contributed by atoms with E-state index in [1.165, 1.54) is 0 Å². The number of carboxylic acid groups (broad SMARTS) is 1. The van der Waals surface area contributed by atoms with Crippen molar-refractivity contribution in [3.63, 3.8) is 0 Å². The third-order valence-corrected chi connectivity index (χ3v) is 2.64. The number of nitrogens with two attached hydrogens (primary N) is 1. The SMILES string of the molecule is CCC(CN)(CCOC(C)(C)C)C(=O)O. The van der Waals surface area contributed by atoms with E-state index < -0.39 is 11.4 Å². The van der Waals surface area contributed by atoms with Crippen molar-refractivity contribution in [2.75, 3.05) is 13.2 Å². The Balaban J connectivity index is 4.26. The number of carbonyl (C=O) groups is 1. The van der Waals surface area contributed by atoms with Gasteiger partial charge in [-0.2, -0.15) is 0 Å². The summed E-state index contributed by atoms with van der Waals surface area (Å²) in [6, 6.07) is 0. The van der Waals surface area contributed by atoms with Crippen LogP contribution in [-0.4, -0.2) is 29.8 Å². The maximum absolute atomic E-state index is 11.1. The first-order chi connectivity index (χ1) is 6.77. The van der Waals surface area contributed by atoms with Crippen LogP contribution in [0.5, 0.6) is 0 Å². The zero-order valence-corrected chi connectivity index (χ0v) is 10.2. The minimum atomic E-state index is -0.829. The predicted molar refractivity (Wildman–Crippen MR) is 59.7 cm³/mol. The molecular weight excluding hydrogens is 194 g/mol. The summed E-state index contributed by atoms with van der Waals surface area (Å²) >= 11 is 0. The van der Waals surface area contributed by atoms with Crippen molar-refractivity contribution in [1.82, 2.24) is 0 Å². The molecule has 4 nitrogen and oxygen atoms in total. The van der Waals surface area contributed by atoms with Crippen molar-refractivity contribution in [3.05, 3.63) is 0 Å². The minimum Gasteiger partial charge on any atom is -0.481 e. The van der Waals surface area contributed by atoms with Gasteiger partial charge in [0.2, 0.25) is 0 Å². The van der Waals surface area contributed by atoms with Gasteiger partial charge in [-0.25, -0.2) is 0 Å². The molecule has 0 aromatic heterocycles. The Kier molecular flexibility index (Phi) is 5.24. The van der Waals surface area contributed by atoms with Crippen molar-refractivity contribution >= 4 is 5.97 Å². The molecule has 0 saturated heterocycles. The van der Waals surface area contributed by atoms with Gasteiger partial charge in [0.1, 0.15) is 0 Å². The van der Waals surface area contributed by atoms with Crippen LogP contribution in [0.3, 0.4) is 0 Å². The first-order valence-corrected chi connectivity index (χ1v) is 5.35. The second-order valence-corrected chi connectivity index (χ2v) is 4.85. The fourth-order valence-electron chi connectivity index (χ4n) is 1.32. The summed E-state index contributed by atoms with van der Waals surface area (Å²) in [5.41, 5.74) is 4.47. The fourth-order valence-corrected chi connectivity index (χ4v) is 1.32. The largest absolute Gasteiger partial charge is 0.481 e. The zero-order chi connectivity index (χ0) is 12.1. The smallest absolute Gasteiger partial charge is 0.310 e. The lowest BCUT2D eigenvalue weighted by molar-refractivity contribution is -0.150. The average molecular weight is 217 g/mol. The summed E-state index contributed by atoms with van der Waals surface area (Å²) in [6.07, 6.45) is 0.999. The number of aliphatic carboxylic acids is 1. The first kappa shape index (κ1) is 14.4. The van der Waals surface area contributed by atoms with Crippen LogP contribution in [0.15, 0.2) is 0 Å². The molecule has 3 N–H and O–H groups in total. The highest BCUT2D eigenvalue weighted by atomic mass is 16.5. The zero-order valence-electron chi connectivity index (χ0n) is 10.2. The molecule has 0 radical (unpaired) electrons. The Morgan fingerprint density at radius 2 is 1.93 bits per heavy atom. The third kappa shape index (κ3) is 4.62. The molecule has 0 heterocycles. The lowest BCUT2D eigenvalue weighted by atomic mass is 9.82. The van der Waals surface area contributed by atoms with Gasteiger partial charge in [0.15, 0.2) is 0 Å². The van der Waals surface area contributed by atoms with Gasteiger partial charge in [0.25, 0.3) is 0 Å². The highest BCUT2D eigenvalue weighted by Crippen LogP contribution is 2.26. The molecule has 0 aromatic rings. The molecule has 0 spiro atoms.